The number of hydrogen-bond acceptors (Lipinski definition) is 4. The Kier molecular flexibility index (Phi) is 4.83. The fourth-order valence-corrected chi connectivity index (χ4v) is 2.23. The van der Waals surface area contributed by atoms with Gasteiger partial charge in [0, 0.05) is 12.0 Å². The number of aliphatic carboxylic acids is 1. The second-order valence-corrected chi connectivity index (χ2v) is 4.35. The number of halogens is 1. The summed E-state index contributed by atoms with van der Waals surface area (Å²) in [5.41, 5.74) is 0.194. The highest BCUT2D eigenvalue weighted by Gasteiger charge is 2.25. The Hall–Kier alpha value is -1.00. The van der Waals surface area contributed by atoms with Crippen LogP contribution >= 0.6 is 23.4 Å². The summed E-state index contributed by atoms with van der Waals surface area (Å²) in [7, 11) is 1.42. The van der Waals surface area contributed by atoms with Gasteiger partial charge in [0.05, 0.1) is 16.4 Å². The highest BCUT2D eigenvalue weighted by Crippen LogP contribution is 2.33. The molecule has 1 N–H and O–H groups in total. The van der Waals surface area contributed by atoms with E-state index in [4.69, 9.17) is 21.4 Å². The van der Waals surface area contributed by atoms with Crippen LogP contribution < -0.4 is 0 Å². The van der Waals surface area contributed by atoms with Gasteiger partial charge in [0.25, 0.3) is 0 Å². The molecule has 1 atom stereocenters. The minimum atomic E-state index is -0.932. The predicted molar refractivity (Wildman–Crippen MR) is 62.1 cm³/mol. The van der Waals surface area contributed by atoms with Gasteiger partial charge in [0.2, 0.25) is 0 Å². The van der Waals surface area contributed by atoms with Crippen molar-refractivity contribution in [3.8, 4) is 0 Å². The lowest BCUT2D eigenvalue weighted by Crippen LogP contribution is -2.19. The number of thioether (sulfide) groups is 1. The van der Waals surface area contributed by atoms with Crippen LogP contribution in [0.3, 0.4) is 0 Å². The summed E-state index contributed by atoms with van der Waals surface area (Å²) >= 11 is 6.89. The Labute approximate surface area is 102 Å². The van der Waals surface area contributed by atoms with Crippen molar-refractivity contribution in [1.29, 1.82) is 0 Å². The van der Waals surface area contributed by atoms with E-state index >= 15 is 0 Å². The maximum atomic E-state index is 10.7. The molecule has 0 aliphatic heterocycles. The first-order chi connectivity index (χ1) is 7.60. The van der Waals surface area contributed by atoms with Crippen molar-refractivity contribution >= 4 is 35.3 Å². The van der Waals surface area contributed by atoms with Crippen LogP contribution in [0.15, 0.2) is 27.7 Å². The van der Waals surface area contributed by atoms with Crippen LogP contribution in [-0.4, -0.2) is 36.0 Å². The Bertz CT molecular complexity index is 407. The molecule has 0 saturated heterocycles. The van der Waals surface area contributed by atoms with E-state index < -0.39 is 12.1 Å². The molecule has 1 unspecified atom stereocenters. The fourth-order valence-electron chi connectivity index (χ4n) is 1.21. The van der Waals surface area contributed by atoms with Gasteiger partial charge in [0.1, 0.15) is 12.0 Å². The molecule has 0 aromatic rings. The molecule has 16 heavy (non-hydrogen) atoms. The number of carbonyl (C=O) groups excluding carboxylic acids is 1. The molecule has 1 aliphatic rings. The number of carboxylic acids is 1. The van der Waals surface area contributed by atoms with Gasteiger partial charge in [-0.15, -0.1) is 11.8 Å². The molecule has 86 valence electrons. The fraction of sp³-hybridized carbons (Fsp3) is 0.300. The van der Waals surface area contributed by atoms with Crippen LogP contribution in [0.5, 0.6) is 0 Å². The summed E-state index contributed by atoms with van der Waals surface area (Å²) in [6.45, 7) is 0. The third-order valence-electron chi connectivity index (χ3n) is 1.88. The lowest BCUT2D eigenvalue weighted by atomic mass is 10.1. The number of carboxylic acid groups (broad SMARTS) is 1. The van der Waals surface area contributed by atoms with E-state index in [2.05, 4.69) is 0 Å². The minimum absolute atomic E-state index is 0.0940. The van der Waals surface area contributed by atoms with Crippen LogP contribution in [-0.2, 0) is 14.3 Å². The zero-order valence-electron chi connectivity index (χ0n) is 8.40. The average molecular weight is 261 g/mol. The molecule has 0 fully saturated rings. The van der Waals surface area contributed by atoms with Gasteiger partial charge in [-0.25, -0.2) is 4.79 Å². The molecule has 0 bridgehead atoms. The third-order valence-corrected chi connectivity index (χ3v) is 3.28. The molecule has 0 saturated carbocycles. The standard InChI is InChI=1S/C10H9ClO4S/c1-15-10-6(4-12)7(11)2-3-8(10)16-5-9(13)14/h2-3,10H,5H2,1H3,(H,13,14). The Morgan fingerprint density at radius 2 is 2.38 bits per heavy atom. The first-order valence-corrected chi connectivity index (χ1v) is 5.66. The molecule has 0 spiro atoms. The highest BCUT2D eigenvalue weighted by atomic mass is 35.5. The smallest absolute Gasteiger partial charge is 0.313 e. The Morgan fingerprint density at radius 1 is 1.69 bits per heavy atom. The molecule has 0 heterocycles. The second kappa shape index (κ2) is 5.92. The van der Waals surface area contributed by atoms with Crippen molar-refractivity contribution in [2.45, 2.75) is 6.10 Å². The van der Waals surface area contributed by atoms with E-state index in [1.54, 1.807) is 12.0 Å². The molecule has 6 heteroatoms. The quantitative estimate of drug-likeness (QED) is 0.778. The van der Waals surface area contributed by atoms with Crippen molar-refractivity contribution in [3.05, 3.63) is 27.7 Å². The SMILES string of the molecule is COC1C(=C=O)C(Cl)=CC=C1SCC(=O)O. The van der Waals surface area contributed by atoms with Crippen LogP contribution in [0, 0.1) is 0 Å². The zero-order valence-corrected chi connectivity index (χ0v) is 9.97. The second-order valence-electron chi connectivity index (χ2n) is 2.90. The summed E-state index contributed by atoms with van der Waals surface area (Å²) in [4.78, 5) is 21.8. The first kappa shape index (κ1) is 13.1. The monoisotopic (exact) mass is 260 g/mol. The number of allylic oxidation sites excluding steroid dienone is 2. The summed E-state index contributed by atoms with van der Waals surface area (Å²) in [5, 5.41) is 8.83. The van der Waals surface area contributed by atoms with Crippen LogP contribution in [0.4, 0.5) is 0 Å². The van der Waals surface area contributed by atoms with E-state index in [9.17, 15) is 9.59 Å². The van der Waals surface area contributed by atoms with Gasteiger partial charge < -0.3 is 9.84 Å². The number of methoxy groups -OCH3 is 1. The van der Waals surface area contributed by atoms with E-state index in [-0.39, 0.29) is 16.4 Å². The van der Waals surface area contributed by atoms with E-state index in [1.165, 1.54) is 13.2 Å². The topological polar surface area (TPSA) is 63.6 Å². The summed E-state index contributed by atoms with van der Waals surface area (Å²) in [6.07, 6.45) is 2.55. The molecule has 0 aromatic carbocycles. The molecular formula is C10H9ClO4S. The van der Waals surface area contributed by atoms with Crippen molar-refractivity contribution in [2.24, 2.45) is 0 Å². The lowest BCUT2D eigenvalue weighted by molar-refractivity contribution is -0.133. The third kappa shape index (κ3) is 3.00. The van der Waals surface area contributed by atoms with Crippen LogP contribution in [0.25, 0.3) is 0 Å². The molecule has 4 nitrogen and oxygen atoms in total. The average Bonchev–Trinajstić information content (AvgIpc) is 2.26. The van der Waals surface area contributed by atoms with Crippen molar-refractivity contribution < 1.29 is 19.4 Å². The minimum Gasteiger partial charge on any atom is -0.481 e. The van der Waals surface area contributed by atoms with Gasteiger partial charge in [0.15, 0.2) is 0 Å². The van der Waals surface area contributed by atoms with E-state index in [0.717, 1.165) is 11.8 Å². The number of hydrogen-bond donors (Lipinski definition) is 1. The maximum Gasteiger partial charge on any atom is 0.313 e. The Morgan fingerprint density at radius 3 is 2.88 bits per heavy atom. The van der Waals surface area contributed by atoms with Gasteiger partial charge in [-0.05, 0) is 12.2 Å². The van der Waals surface area contributed by atoms with E-state index in [0.29, 0.717) is 4.91 Å². The first-order valence-electron chi connectivity index (χ1n) is 4.30. The highest BCUT2D eigenvalue weighted by molar-refractivity contribution is 8.03. The summed E-state index contributed by atoms with van der Waals surface area (Å²) in [5.74, 6) is 0.686. The normalized spacial score (nSPS) is 19.9. The summed E-state index contributed by atoms with van der Waals surface area (Å²) in [6, 6.07) is 0. The number of rotatable bonds is 4. The van der Waals surface area contributed by atoms with Gasteiger partial charge in [-0.1, -0.05) is 11.6 Å². The van der Waals surface area contributed by atoms with Gasteiger partial charge >= 0.3 is 5.97 Å². The Balaban J connectivity index is 2.91. The lowest BCUT2D eigenvalue weighted by Gasteiger charge is -2.21. The van der Waals surface area contributed by atoms with Crippen molar-refractivity contribution in [1.82, 2.24) is 0 Å². The molecule has 1 aliphatic carbocycles. The largest absolute Gasteiger partial charge is 0.481 e. The van der Waals surface area contributed by atoms with Crippen LogP contribution in [0.2, 0.25) is 0 Å². The molecule has 0 aromatic heterocycles. The molecule has 0 radical (unpaired) electrons. The molecule has 1 rings (SSSR count). The van der Waals surface area contributed by atoms with E-state index in [1.807, 2.05) is 0 Å². The number of carbonyl (C=O) groups is 1. The van der Waals surface area contributed by atoms with Crippen molar-refractivity contribution in [3.63, 3.8) is 0 Å². The van der Waals surface area contributed by atoms with Crippen molar-refractivity contribution in [2.75, 3.05) is 12.9 Å². The number of ether oxygens (including phenoxy) is 1. The maximum absolute atomic E-state index is 10.7. The molecule has 0 amide bonds. The van der Waals surface area contributed by atoms with Gasteiger partial charge in [-0.3, -0.25) is 4.79 Å². The summed E-state index contributed by atoms with van der Waals surface area (Å²) < 4.78 is 5.10. The molecular weight excluding hydrogens is 252 g/mol. The van der Waals surface area contributed by atoms with Crippen LogP contribution in [0.1, 0.15) is 0 Å². The predicted octanol–water partition coefficient (Wildman–Crippen LogP) is 1.60. The zero-order chi connectivity index (χ0) is 12.1. The van der Waals surface area contributed by atoms with Gasteiger partial charge in [-0.2, -0.15) is 0 Å².